The molecule has 4 bridgehead atoms. The first-order valence-corrected chi connectivity index (χ1v) is 9.92. The number of aliphatic imine (C=N–C) groups is 1. The van der Waals surface area contributed by atoms with Crippen LogP contribution in [0, 0.1) is 17.8 Å². The van der Waals surface area contributed by atoms with Gasteiger partial charge in [-0.15, -0.1) is 0 Å². The molecule has 6 rings (SSSR count). The number of nitrogens with zero attached hydrogens (tertiary/aromatic N) is 1. The van der Waals surface area contributed by atoms with Crippen LogP contribution in [-0.4, -0.2) is 11.3 Å². The molecule has 1 N–H and O–H groups in total. The van der Waals surface area contributed by atoms with E-state index in [0.717, 1.165) is 29.2 Å². The van der Waals surface area contributed by atoms with Crippen molar-refractivity contribution in [3.8, 4) is 0 Å². The van der Waals surface area contributed by atoms with Crippen LogP contribution in [0.4, 0.5) is 0 Å². The fourth-order valence-corrected chi connectivity index (χ4v) is 6.18. The van der Waals surface area contributed by atoms with Crippen molar-refractivity contribution in [3.05, 3.63) is 58.9 Å². The fourth-order valence-electron chi connectivity index (χ4n) is 6.18. The monoisotopic (exact) mass is 332 g/mol. The highest BCUT2D eigenvalue weighted by molar-refractivity contribution is 6.15. The van der Waals surface area contributed by atoms with E-state index < -0.39 is 0 Å². The van der Waals surface area contributed by atoms with E-state index in [0.29, 0.717) is 5.54 Å². The zero-order valence-corrected chi connectivity index (χ0v) is 15.4. The topological polar surface area (TPSA) is 24.4 Å². The number of rotatable bonds is 3. The molecule has 4 fully saturated rings. The Morgan fingerprint density at radius 2 is 1.52 bits per heavy atom. The molecular formula is C23H28N2. The highest BCUT2D eigenvalue weighted by atomic mass is 15.0. The third-order valence-corrected chi connectivity index (χ3v) is 7.13. The lowest BCUT2D eigenvalue weighted by molar-refractivity contribution is -0.0130. The van der Waals surface area contributed by atoms with Crippen LogP contribution < -0.4 is 5.32 Å². The van der Waals surface area contributed by atoms with E-state index >= 15 is 0 Å². The zero-order chi connectivity index (χ0) is 17.0. The molecule has 1 aromatic carbocycles. The van der Waals surface area contributed by atoms with Crippen molar-refractivity contribution in [1.29, 1.82) is 0 Å². The Kier molecular flexibility index (Phi) is 3.45. The summed E-state index contributed by atoms with van der Waals surface area (Å²) in [6, 6.07) is 10.6. The highest BCUT2D eigenvalue weighted by Crippen LogP contribution is 2.55. The van der Waals surface area contributed by atoms with Gasteiger partial charge in [-0.1, -0.05) is 30.3 Å². The molecule has 2 nitrogen and oxygen atoms in total. The highest BCUT2D eigenvalue weighted by Gasteiger charge is 2.50. The number of benzene rings is 1. The Balaban J connectivity index is 1.41. The van der Waals surface area contributed by atoms with Gasteiger partial charge in [0, 0.05) is 17.3 Å². The van der Waals surface area contributed by atoms with Gasteiger partial charge >= 0.3 is 0 Å². The summed E-state index contributed by atoms with van der Waals surface area (Å²) >= 11 is 0. The number of nitrogens with one attached hydrogen (secondary N) is 1. The average Bonchev–Trinajstić information content (AvgIpc) is 2.88. The summed E-state index contributed by atoms with van der Waals surface area (Å²) in [6.07, 6.45) is 10.8. The normalized spacial score (nSPS) is 37.8. The maximum absolute atomic E-state index is 4.98. The minimum Gasteiger partial charge on any atom is -0.384 e. The molecular weight excluding hydrogens is 304 g/mol. The van der Waals surface area contributed by atoms with E-state index in [1.807, 2.05) is 0 Å². The Bertz CT molecular complexity index is 746. The first-order valence-electron chi connectivity index (χ1n) is 9.92. The van der Waals surface area contributed by atoms with Gasteiger partial charge in [-0.25, -0.2) is 4.99 Å². The van der Waals surface area contributed by atoms with Crippen LogP contribution in [-0.2, 0) is 0 Å². The van der Waals surface area contributed by atoms with Crippen LogP contribution in [0.5, 0.6) is 0 Å². The van der Waals surface area contributed by atoms with Gasteiger partial charge in [0.2, 0.25) is 0 Å². The van der Waals surface area contributed by atoms with E-state index in [4.69, 9.17) is 4.99 Å². The molecule has 130 valence electrons. The van der Waals surface area contributed by atoms with Crippen molar-refractivity contribution in [2.75, 3.05) is 0 Å². The summed E-state index contributed by atoms with van der Waals surface area (Å²) in [6.45, 7) is 4.41. The minimum atomic E-state index is 0.362. The predicted molar refractivity (Wildman–Crippen MR) is 103 cm³/mol. The molecule has 0 radical (unpaired) electrons. The van der Waals surface area contributed by atoms with Crippen LogP contribution in [0.3, 0.4) is 0 Å². The van der Waals surface area contributed by atoms with Gasteiger partial charge in [-0.05, 0) is 81.3 Å². The van der Waals surface area contributed by atoms with Gasteiger partial charge in [0.15, 0.2) is 0 Å². The summed E-state index contributed by atoms with van der Waals surface area (Å²) in [5, 5.41) is 3.89. The van der Waals surface area contributed by atoms with Crippen molar-refractivity contribution in [2.24, 2.45) is 22.7 Å². The van der Waals surface area contributed by atoms with Crippen molar-refractivity contribution < 1.29 is 0 Å². The van der Waals surface area contributed by atoms with E-state index in [1.165, 1.54) is 55.2 Å². The average molecular weight is 332 g/mol. The zero-order valence-electron chi connectivity index (χ0n) is 15.4. The molecule has 0 aromatic heterocycles. The van der Waals surface area contributed by atoms with Gasteiger partial charge in [-0.2, -0.15) is 0 Å². The maximum atomic E-state index is 4.98. The Morgan fingerprint density at radius 1 is 0.920 bits per heavy atom. The SMILES string of the molecule is CC1=C(C)C(c2ccccc2)=NC1=CNC12CC3CC(CC(C3)C1)C2. The van der Waals surface area contributed by atoms with E-state index in [-0.39, 0.29) is 0 Å². The van der Waals surface area contributed by atoms with E-state index in [9.17, 15) is 0 Å². The summed E-state index contributed by atoms with van der Waals surface area (Å²) in [4.78, 5) is 4.98. The molecule has 0 amide bonds. The second-order valence-corrected chi connectivity index (χ2v) is 8.95. The number of hydrogen-bond acceptors (Lipinski definition) is 2. The molecule has 4 saturated carbocycles. The molecule has 0 spiro atoms. The van der Waals surface area contributed by atoms with Crippen LogP contribution >= 0.6 is 0 Å². The van der Waals surface area contributed by atoms with Gasteiger partial charge in [0.05, 0.1) is 11.4 Å². The van der Waals surface area contributed by atoms with Crippen LogP contribution in [0.2, 0.25) is 0 Å². The molecule has 0 atom stereocenters. The molecule has 25 heavy (non-hydrogen) atoms. The lowest BCUT2D eigenvalue weighted by Crippen LogP contribution is -2.57. The third-order valence-electron chi connectivity index (χ3n) is 7.13. The van der Waals surface area contributed by atoms with Crippen molar-refractivity contribution in [2.45, 2.75) is 57.9 Å². The molecule has 0 saturated heterocycles. The predicted octanol–water partition coefficient (Wildman–Crippen LogP) is 5.23. The number of allylic oxidation sites excluding steroid dienone is 2. The van der Waals surface area contributed by atoms with Crippen molar-refractivity contribution >= 4 is 5.71 Å². The molecule has 1 aromatic rings. The van der Waals surface area contributed by atoms with Gasteiger partial charge in [0.1, 0.15) is 0 Å². The van der Waals surface area contributed by atoms with Gasteiger partial charge in [-0.3, -0.25) is 0 Å². The van der Waals surface area contributed by atoms with E-state index in [2.05, 4.69) is 55.7 Å². The smallest absolute Gasteiger partial charge is 0.0826 e. The quantitative estimate of drug-likeness (QED) is 0.805. The molecule has 4 aliphatic carbocycles. The second kappa shape index (κ2) is 5.59. The van der Waals surface area contributed by atoms with Gasteiger partial charge < -0.3 is 5.32 Å². The molecule has 1 aliphatic heterocycles. The maximum Gasteiger partial charge on any atom is 0.0826 e. The first kappa shape index (κ1) is 15.4. The Hall–Kier alpha value is -1.83. The van der Waals surface area contributed by atoms with Crippen LogP contribution in [0.15, 0.2) is 58.4 Å². The molecule has 5 aliphatic rings. The summed E-state index contributed by atoms with van der Waals surface area (Å²) in [5.41, 5.74) is 6.48. The molecule has 0 unspecified atom stereocenters. The number of hydrogen-bond donors (Lipinski definition) is 1. The Morgan fingerprint density at radius 3 is 2.12 bits per heavy atom. The van der Waals surface area contributed by atoms with Crippen LogP contribution in [0.1, 0.15) is 57.9 Å². The Labute approximate surface area is 151 Å². The standard InChI is InChI=1S/C23H28N2/c1-15-16(2)22(20-6-4-3-5-7-20)25-21(15)14-24-23-11-17-8-18(12-23)10-19(9-17)13-23/h3-7,14,17-19,24H,8-13H2,1-2H3. The third kappa shape index (κ3) is 2.58. The summed E-state index contributed by atoms with van der Waals surface area (Å²) in [7, 11) is 0. The largest absolute Gasteiger partial charge is 0.384 e. The second-order valence-electron chi connectivity index (χ2n) is 8.95. The fraction of sp³-hybridized carbons (Fsp3) is 0.522. The van der Waals surface area contributed by atoms with E-state index in [1.54, 1.807) is 0 Å². The van der Waals surface area contributed by atoms with Crippen molar-refractivity contribution in [3.63, 3.8) is 0 Å². The van der Waals surface area contributed by atoms with Crippen molar-refractivity contribution in [1.82, 2.24) is 5.32 Å². The summed E-state index contributed by atoms with van der Waals surface area (Å²) in [5.74, 6) is 2.92. The van der Waals surface area contributed by atoms with Crippen LogP contribution in [0.25, 0.3) is 0 Å². The first-order chi connectivity index (χ1) is 12.1. The molecule has 1 heterocycles. The van der Waals surface area contributed by atoms with Gasteiger partial charge in [0.25, 0.3) is 0 Å². The molecule has 2 heteroatoms. The lowest BCUT2D eigenvalue weighted by Gasteiger charge is -2.57. The summed E-state index contributed by atoms with van der Waals surface area (Å²) < 4.78 is 0. The minimum absolute atomic E-state index is 0.362. The lowest BCUT2D eigenvalue weighted by atomic mass is 9.53.